The third-order valence-electron chi connectivity index (χ3n) is 6.50. The van der Waals surface area contributed by atoms with Crippen molar-refractivity contribution in [2.24, 2.45) is 5.92 Å². The number of ether oxygens (including phenoxy) is 1. The van der Waals surface area contributed by atoms with E-state index in [0.29, 0.717) is 34.0 Å². The number of hydrogen-bond donors (Lipinski definition) is 1. The minimum absolute atomic E-state index is 0.108. The summed E-state index contributed by atoms with van der Waals surface area (Å²) in [6.07, 6.45) is 4.99. The Morgan fingerprint density at radius 2 is 1.94 bits per heavy atom. The number of nitrogens with one attached hydrogen (secondary N) is 1. The number of pyridine rings is 1. The Balaban J connectivity index is 1.43. The molecule has 8 heteroatoms. The third kappa shape index (κ3) is 4.74. The molecule has 5 rings (SSSR count). The summed E-state index contributed by atoms with van der Waals surface area (Å²) in [7, 11) is 0. The van der Waals surface area contributed by atoms with Crippen LogP contribution in [-0.2, 0) is 15.1 Å². The van der Waals surface area contributed by atoms with Crippen LogP contribution in [0.25, 0.3) is 0 Å². The van der Waals surface area contributed by atoms with Crippen LogP contribution in [0.3, 0.4) is 0 Å². The number of benzene rings is 1. The lowest BCUT2D eigenvalue weighted by atomic mass is 9.79. The SMILES string of the molecule is O=C1CC(c2ccsc2)(c2cccc(OCC3CCCC3)n2)NC(=O)C1Sc1ccccc1Cl. The van der Waals surface area contributed by atoms with Gasteiger partial charge in [0, 0.05) is 17.4 Å². The number of thioether (sulfide) groups is 1. The molecular formula is C26H25ClN2O3S2. The molecule has 34 heavy (non-hydrogen) atoms. The van der Waals surface area contributed by atoms with Gasteiger partial charge in [-0.15, -0.1) is 11.8 Å². The molecule has 0 spiro atoms. The molecule has 3 heterocycles. The molecule has 1 N–H and O–H groups in total. The van der Waals surface area contributed by atoms with Crippen LogP contribution in [0.2, 0.25) is 5.02 Å². The van der Waals surface area contributed by atoms with Gasteiger partial charge < -0.3 is 10.1 Å². The summed E-state index contributed by atoms with van der Waals surface area (Å²) >= 11 is 8.99. The number of Topliss-reactive ketones (excluding diaryl/α,β-unsaturated/α-hetero) is 1. The molecule has 176 valence electrons. The Labute approximate surface area is 212 Å². The predicted octanol–water partition coefficient (Wildman–Crippen LogP) is 5.86. The fraction of sp³-hybridized carbons (Fsp3) is 0.346. The first-order valence-corrected chi connectivity index (χ1v) is 13.6. The molecule has 5 nitrogen and oxygen atoms in total. The Morgan fingerprint density at radius 3 is 2.68 bits per heavy atom. The summed E-state index contributed by atoms with van der Waals surface area (Å²) in [4.78, 5) is 32.2. The number of aromatic nitrogens is 1. The maximum Gasteiger partial charge on any atom is 0.242 e. The van der Waals surface area contributed by atoms with E-state index in [4.69, 9.17) is 21.3 Å². The van der Waals surface area contributed by atoms with Crippen LogP contribution < -0.4 is 10.1 Å². The van der Waals surface area contributed by atoms with Crippen LogP contribution in [0.1, 0.15) is 43.4 Å². The average Bonchev–Trinajstić information content (AvgIpc) is 3.56. The van der Waals surface area contributed by atoms with Crippen molar-refractivity contribution in [3.05, 3.63) is 75.6 Å². The second-order valence-electron chi connectivity index (χ2n) is 8.80. The number of amides is 1. The molecule has 1 aliphatic heterocycles. The fourth-order valence-corrected chi connectivity index (χ4v) is 6.68. The van der Waals surface area contributed by atoms with Gasteiger partial charge in [0.15, 0.2) is 5.78 Å². The summed E-state index contributed by atoms with van der Waals surface area (Å²) in [6, 6.07) is 14.7. The molecule has 1 aromatic carbocycles. The number of piperidine rings is 1. The Bertz CT molecular complexity index is 1160. The predicted molar refractivity (Wildman–Crippen MR) is 136 cm³/mol. The molecule has 1 saturated heterocycles. The smallest absolute Gasteiger partial charge is 0.242 e. The monoisotopic (exact) mass is 512 g/mol. The highest BCUT2D eigenvalue weighted by atomic mass is 35.5. The minimum Gasteiger partial charge on any atom is -0.477 e. The zero-order chi connectivity index (χ0) is 23.5. The summed E-state index contributed by atoms with van der Waals surface area (Å²) in [5, 5.41) is 6.72. The van der Waals surface area contributed by atoms with Crippen molar-refractivity contribution in [1.29, 1.82) is 0 Å². The quantitative estimate of drug-likeness (QED) is 0.401. The van der Waals surface area contributed by atoms with Crippen LogP contribution in [0, 0.1) is 5.92 Å². The highest BCUT2D eigenvalue weighted by molar-refractivity contribution is 8.01. The van der Waals surface area contributed by atoms with Crippen molar-refractivity contribution < 1.29 is 14.3 Å². The molecule has 1 amide bonds. The number of carbonyl (C=O) groups excluding carboxylic acids is 2. The highest BCUT2D eigenvalue weighted by Gasteiger charge is 2.48. The largest absolute Gasteiger partial charge is 0.477 e. The molecule has 2 unspecified atom stereocenters. The van der Waals surface area contributed by atoms with Gasteiger partial charge in [-0.25, -0.2) is 4.98 Å². The fourth-order valence-electron chi connectivity index (χ4n) is 4.70. The number of halogens is 1. The lowest BCUT2D eigenvalue weighted by Gasteiger charge is -2.39. The number of thiophene rings is 1. The van der Waals surface area contributed by atoms with Gasteiger partial charge in [0.2, 0.25) is 11.8 Å². The first kappa shape index (κ1) is 23.4. The van der Waals surface area contributed by atoms with Crippen LogP contribution >= 0.6 is 34.7 Å². The number of carbonyl (C=O) groups is 2. The van der Waals surface area contributed by atoms with Crippen molar-refractivity contribution in [3.8, 4) is 5.88 Å². The van der Waals surface area contributed by atoms with Gasteiger partial charge in [0.05, 0.1) is 17.3 Å². The maximum atomic E-state index is 13.4. The molecule has 1 saturated carbocycles. The van der Waals surface area contributed by atoms with Crippen LogP contribution in [0.5, 0.6) is 5.88 Å². The van der Waals surface area contributed by atoms with Crippen molar-refractivity contribution in [2.75, 3.05) is 6.61 Å². The topological polar surface area (TPSA) is 68.3 Å². The van der Waals surface area contributed by atoms with Crippen LogP contribution in [0.4, 0.5) is 0 Å². The minimum atomic E-state index is -1.03. The zero-order valence-corrected chi connectivity index (χ0v) is 20.9. The van der Waals surface area contributed by atoms with Crippen molar-refractivity contribution in [1.82, 2.24) is 10.3 Å². The first-order valence-electron chi connectivity index (χ1n) is 11.4. The van der Waals surface area contributed by atoms with E-state index in [-0.39, 0.29) is 18.1 Å². The number of hydrogen-bond acceptors (Lipinski definition) is 6. The number of rotatable bonds is 7. The molecule has 2 aliphatic rings. The lowest BCUT2D eigenvalue weighted by Crippen LogP contribution is -2.58. The Hall–Kier alpha value is -2.35. The summed E-state index contributed by atoms with van der Waals surface area (Å²) in [5.74, 6) is 0.591. The van der Waals surface area contributed by atoms with Gasteiger partial charge in [-0.2, -0.15) is 11.3 Å². The van der Waals surface area contributed by atoms with E-state index in [1.165, 1.54) is 48.8 Å². The summed E-state index contributed by atoms with van der Waals surface area (Å²) in [6.45, 7) is 0.643. The van der Waals surface area contributed by atoms with Crippen molar-refractivity contribution in [2.45, 2.75) is 47.8 Å². The Morgan fingerprint density at radius 1 is 1.12 bits per heavy atom. The van der Waals surface area contributed by atoms with E-state index >= 15 is 0 Å². The van der Waals surface area contributed by atoms with Gasteiger partial charge >= 0.3 is 0 Å². The molecule has 1 aliphatic carbocycles. The number of nitrogens with zero attached hydrogens (tertiary/aromatic N) is 1. The second kappa shape index (κ2) is 10.1. The van der Waals surface area contributed by atoms with Crippen LogP contribution in [0.15, 0.2) is 64.2 Å². The zero-order valence-electron chi connectivity index (χ0n) is 18.5. The first-order chi connectivity index (χ1) is 16.5. The van der Waals surface area contributed by atoms with Crippen LogP contribution in [-0.4, -0.2) is 28.5 Å². The average molecular weight is 513 g/mol. The summed E-state index contributed by atoms with van der Waals surface area (Å²) < 4.78 is 6.03. The normalized spacial score (nSPS) is 23.1. The summed E-state index contributed by atoms with van der Waals surface area (Å²) in [5.41, 5.74) is 0.428. The van der Waals surface area contributed by atoms with E-state index < -0.39 is 10.8 Å². The third-order valence-corrected chi connectivity index (χ3v) is 8.95. The molecule has 2 aromatic heterocycles. The van der Waals surface area contributed by atoms with Crippen molar-refractivity contribution >= 4 is 46.4 Å². The molecule has 0 radical (unpaired) electrons. The molecule has 2 atom stereocenters. The van der Waals surface area contributed by atoms with Gasteiger partial charge in [-0.1, -0.05) is 42.6 Å². The molecule has 2 fully saturated rings. The molecule has 3 aromatic rings. The second-order valence-corrected chi connectivity index (χ2v) is 11.1. The number of ketones is 1. The van der Waals surface area contributed by atoms with Gasteiger partial charge in [-0.3, -0.25) is 9.59 Å². The van der Waals surface area contributed by atoms with Crippen molar-refractivity contribution in [3.63, 3.8) is 0 Å². The molecular weight excluding hydrogens is 488 g/mol. The van der Waals surface area contributed by atoms with E-state index in [2.05, 4.69) is 5.32 Å². The Kier molecular flexibility index (Phi) is 6.95. The van der Waals surface area contributed by atoms with E-state index in [1.807, 2.05) is 53.2 Å². The molecule has 0 bridgehead atoms. The lowest BCUT2D eigenvalue weighted by molar-refractivity contribution is -0.133. The van der Waals surface area contributed by atoms with E-state index in [0.717, 1.165) is 5.56 Å². The van der Waals surface area contributed by atoms with Gasteiger partial charge in [-0.05, 0) is 59.3 Å². The highest BCUT2D eigenvalue weighted by Crippen LogP contribution is 2.41. The maximum absolute atomic E-state index is 13.4. The standard InChI is InChI=1S/C26H25ClN2O3S2/c27-19-8-3-4-9-21(19)34-24-20(30)14-26(29-25(24)31,18-12-13-33-16-18)22-10-5-11-23(28-22)32-15-17-6-1-2-7-17/h3-5,8-13,16-17,24H,1-2,6-7,14-15H2,(H,29,31). The van der Waals surface area contributed by atoms with Gasteiger partial charge in [0.25, 0.3) is 0 Å². The van der Waals surface area contributed by atoms with Gasteiger partial charge in [0.1, 0.15) is 10.8 Å². The van der Waals surface area contributed by atoms with E-state index in [1.54, 1.807) is 6.07 Å². The van der Waals surface area contributed by atoms with E-state index in [9.17, 15) is 9.59 Å².